The SMILES string of the molecule is Nc1nc2c(s1)CC1(CCOCC1)CC2. The molecule has 1 aromatic rings. The summed E-state index contributed by atoms with van der Waals surface area (Å²) < 4.78 is 5.45. The monoisotopic (exact) mass is 224 g/mol. The van der Waals surface area contributed by atoms with Gasteiger partial charge in [0.15, 0.2) is 5.13 Å². The van der Waals surface area contributed by atoms with E-state index in [-0.39, 0.29) is 0 Å². The third-order valence-electron chi connectivity index (χ3n) is 3.78. The van der Waals surface area contributed by atoms with Gasteiger partial charge in [0.1, 0.15) is 0 Å². The summed E-state index contributed by atoms with van der Waals surface area (Å²) in [7, 11) is 0. The highest BCUT2D eigenvalue weighted by Crippen LogP contribution is 2.44. The Morgan fingerprint density at radius 2 is 2.07 bits per heavy atom. The van der Waals surface area contributed by atoms with E-state index >= 15 is 0 Å². The van der Waals surface area contributed by atoms with Crippen LogP contribution in [0.5, 0.6) is 0 Å². The maximum atomic E-state index is 5.76. The van der Waals surface area contributed by atoms with Crippen LogP contribution in [0.4, 0.5) is 5.13 Å². The zero-order valence-corrected chi connectivity index (χ0v) is 9.61. The van der Waals surface area contributed by atoms with Gasteiger partial charge in [-0.15, -0.1) is 11.3 Å². The summed E-state index contributed by atoms with van der Waals surface area (Å²) in [5.74, 6) is 0. The first kappa shape index (κ1) is 9.60. The van der Waals surface area contributed by atoms with Crippen LogP contribution in [0, 0.1) is 5.41 Å². The fraction of sp³-hybridized carbons (Fsp3) is 0.727. The van der Waals surface area contributed by atoms with Gasteiger partial charge in [-0.3, -0.25) is 0 Å². The van der Waals surface area contributed by atoms with E-state index in [4.69, 9.17) is 10.5 Å². The van der Waals surface area contributed by atoms with Crippen molar-refractivity contribution in [1.29, 1.82) is 0 Å². The van der Waals surface area contributed by atoms with Crippen LogP contribution in [0.1, 0.15) is 29.8 Å². The molecule has 0 saturated carbocycles. The van der Waals surface area contributed by atoms with Gasteiger partial charge in [0.05, 0.1) is 5.69 Å². The molecular formula is C11H16N2OS. The quantitative estimate of drug-likeness (QED) is 0.733. The van der Waals surface area contributed by atoms with E-state index in [0.29, 0.717) is 5.41 Å². The largest absolute Gasteiger partial charge is 0.381 e. The predicted molar refractivity (Wildman–Crippen MR) is 61.0 cm³/mol. The number of hydrogen-bond donors (Lipinski definition) is 1. The van der Waals surface area contributed by atoms with Crippen LogP contribution in [0.3, 0.4) is 0 Å². The second-order valence-corrected chi connectivity index (χ2v) is 5.83. The zero-order chi connectivity index (χ0) is 10.3. The van der Waals surface area contributed by atoms with Crippen molar-refractivity contribution < 1.29 is 4.74 Å². The summed E-state index contributed by atoms with van der Waals surface area (Å²) in [4.78, 5) is 5.83. The average Bonchev–Trinajstić information content (AvgIpc) is 2.58. The van der Waals surface area contributed by atoms with Crippen LogP contribution in [0.2, 0.25) is 0 Å². The number of fused-ring (bicyclic) bond motifs is 1. The summed E-state index contributed by atoms with van der Waals surface area (Å²) in [6, 6.07) is 0. The van der Waals surface area contributed by atoms with Gasteiger partial charge in [0.2, 0.25) is 0 Å². The molecule has 1 aliphatic heterocycles. The van der Waals surface area contributed by atoms with E-state index in [1.807, 2.05) is 0 Å². The first-order chi connectivity index (χ1) is 7.27. The molecule has 15 heavy (non-hydrogen) atoms. The van der Waals surface area contributed by atoms with Gasteiger partial charge in [0.25, 0.3) is 0 Å². The van der Waals surface area contributed by atoms with Gasteiger partial charge in [-0.1, -0.05) is 0 Å². The minimum Gasteiger partial charge on any atom is -0.381 e. The van der Waals surface area contributed by atoms with Crippen LogP contribution >= 0.6 is 11.3 Å². The van der Waals surface area contributed by atoms with Crippen LogP contribution in [0.25, 0.3) is 0 Å². The van der Waals surface area contributed by atoms with Crippen LogP contribution in [-0.2, 0) is 17.6 Å². The standard InChI is InChI=1S/C11H16N2OS/c12-10-13-8-1-2-11(7-9(8)15-10)3-5-14-6-4-11/h1-7H2,(H2,12,13). The van der Waals surface area contributed by atoms with Crippen molar-refractivity contribution in [2.24, 2.45) is 5.41 Å². The van der Waals surface area contributed by atoms with Gasteiger partial charge in [-0.05, 0) is 37.5 Å². The lowest BCUT2D eigenvalue weighted by Crippen LogP contribution is -2.34. The predicted octanol–water partition coefficient (Wildman–Crippen LogP) is 2.01. The molecule has 0 amide bonds. The Labute approximate surface area is 93.7 Å². The van der Waals surface area contributed by atoms with Crippen LogP contribution in [0.15, 0.2) is 0 Å². The number of aryl methyl sites for hydroxylation is 1. The normalized spacial score (nSPS) is 24.0. The molecule has 2 aliphatic rings. The molecule has 1 aliphatic carbocycles. The molecule has 2 heterocycles. The Morgan fingerprint density at radius 1 is 1.27 bits per heavy atom. The molecule has 0 bridgehead atoms. The number of nitrogens with zero attached hydrogens (tertiary/aromatic N) is 1. The van der Waals surface area contributed by atoms with Crippen molar-refractivity contribution in [1.82, 2.24) is 4.98 Å². The van der Waals surface area contributed by atoms with Crippen LogP contribution < -0.4 is 5.73 Å². The fourth-order valence-corrected chi connectivity index (χ4v) is 3.83. The Hall–Kier alpha value is -0.610. The van der Waals surface area contributed by atoms with E-state index < -0.39 is 0 Å². The highest BCUT2D eigenvalue weighted by atomic mass is 32.1. The summed E-state index contributed by atoms with van der Waals surface area (Å²) in [6.07, 6.45) is 5.99. The molecule has 0 unspecified atom stereocenters. The Balaban J connectivity index is 1.86. The van der Waals surface area contributed by atoms with Gasteiger partial charge in [-0.2, -0.15) is 0 Å². The molecule has 1 spiro atoms. The van der Waals surface area contributed by atoms with Gasteiger partial charge in [0, 0.05) is 18.1 Å². The number of aromatic nitrogens is 1. The number of nitrogen functional groups attached to an aromatic ring is 1. The lowest BCUT2D eigenvalue weighted by molar-refractivity contribution is 0.00784. The lowest BCUT2D eigenvalue weighted by Gasteiger charge is -2.39. The van der Waals surface area contributed by atoms with E-state index in [1.165, 1.54) is 36.3 Å². The van der Waals surface area contributed by atoms with Gasteiger partial charge in [-0.25, -0.2) is 4.98 Å². The zero-order valence-electron chi connectivity index (χ0n) is 8.79. The molecule has 0 aromatic carbocycles. The van der Waals surface area contributed by atoms with Crippen molar-refractivity contribution in [3.63, 3.8) is 0 Å². The number of thiazole rings is 1. The third kappa shape index (κ3) is 1.66. The summed E-state index contributed by atoms with van der Waals surface area (Å²) in [5, 5.41) is 0.740. The molecule has 1 aromatic heterocycles. The van der Waals surface area contributed by atoms with Crippen molar-refractivity contribution in [2.45, 2.75) is 32.1 Å². The summed E-state index contributed by atoms with van der Waals surface area (Å²) in [5.41, 5.74) is 7.52. The van der Waals surface area contributed by atoms with E-state index in [1.54, 1.807) is 11.3 Å². The summed E-state index contributed by atoms with van der Waals surface area (Å²) >= 11 is 1.68. The molecule has 0 radical (unpaired) electrons. The number of rotatable bonds is 0. The first-order valence-corrected chi connectivity index (χ1v) is 6.41. The molecule has 3 nitrogen and oxygen atoms in total. The van der Waals surface area contributed by atoms with E-state index in [2.05, 4.69) is 4.98 Å². The van der Waals surface area contributed by atoms with E-state index in [0.717, 1.165) is 24.8 Å². The fourth-order valence-electron chi connectivity index (χ4n) is 2.78. The molecule has 4 heteroatoms. The molecule has 0 atom stereocenters. The minimum absolute atomic E-state index is 0.504. The Bertz CT molecular complexity index is 369. The first-order valence-electron chi connectivity index (χ1n) is 5.59. The maximum Gasteiger partial charge on any atom is 0.180 e. The average molecular weight is 224 g/mol. The molecular weight excluding hydrogens is 208 g/mol. The van der Waals surface area contributed by atoms with Gasteiger partial charge >= 0.3 is 0 Å². The van der Waals surface area contributed by atoms with Gasteiger partial charge < -0.3 is 10.5 Å². The second-order valence-electron chi connectivity index (χ2n) is 4.71. The van der Waals surface area contributed by atoms with Crippen LogP contribution in [-0.4, -0.2) is 18.2 Å². The molecule has 1 saturated heterocycles. The third-order valence-corrected chi connectivity index (χ3v) is 4.70. The number of hydrogen-bond acceptors (Lipinski definition) is 4. The Morgan fingerprint density at radius 3 is 2.87 bits per heavy atom. The van der Waals surface area contributed by atoms with Crippen molar-refractivity contribution in [3.8, 4) is 0 Å². The lowest BCUT2D eigenvalue weighted by atomic mass is 9.70. The minimum atomic E-state index is 0.504. The highest BCUT2D eigenvalue weighted by molar-refractivity contribution is 7.15. The highest BCUT2D eigenvalue weighted by Gasteiger charge is 2.37. The Kier molecular flexibility index (Phi) is 2.21. The smallest absolute Gasteiger partial charge is 0.180 e. The topological polar surface area (TPSA) is 48.1 Å². The maximum absolute atomic E-state index is 5.76. The van der Waals surface area contributed by atoms with Crippen molar-refractivity contribution in [2.75, 3.05) is 18.9 Å². The number of nitrogens with two attached hydrogens (primary N) is 1. The number of anilines is 1. The van der Waals surface area contributed by atoms with Crippen molar-refractivity contribution in [3.05, 3.63) is 10.6 Å². The van der Waals surface area contributed by atoms with E-state index in [9.17, 15) is 0 Å². The molecule has 1 fully saturated rings. The number of ether oxygens (including phenoxy) is 1. The molecule has 82 valence electrons. The molecule has 2 N–H and O–H groups in total. The second kappa shape index (κ2) is 3.46. The molecule has 3 rings (SSSR count). The summed E-state index contributed by atoms with van der Waals surface area (Å²) in [6.45, 7) is 1.87. The van der Waals surface area contributed by atoms with Crippen molar-refractivity contribution >= 4 is 16.5 Å².